The van der Waals surface area contributed by atoms with Crippen molar-refractivity contribution < 1.29 is 5.11 Å². The molecule has 4 aromatic rings. The molecule has 0 heterocycles. The summed E-state index contributed by atoms with van der Waals surface area (Å²) in [5, 5.41) is 13.8. The topological polar surface area (TPSA) is 32.6 Å². The smallest absolute Gasteiger partial charge is 0.0874 e. The maximum Gasteiger partial charge on any atom is 0.0874 e. The summed E-state index contributed by atoms with van der Waals surface area (Å²) < 4.78 is 5.43. The van der Waals surface area contributed by atoms with Gasteiger partial charge in [-0.2, -0.15) is 0 Å². The average Bonchev–Trinajstić information content (AvgIpc) is 2.84. The Kier molecular flexibility index (Phi) is 6.28. The van der Waals surface area contributed by atoms with Gasteiger partial charge in [0, 0.05) is 12.7 Å². The lowest BCUT2D eigenvalue weighted by atomic mass is 10.1. The lowest BCUT2D eigenvalue weighted by molar-refractivity contribution is 0.178. The van der Waals surface area contributed by atoms with Gasteiger partial charge in [-0.05, 0) is 28.3 Å². The number of benzene rings is 4. The van der Waals surface area contributed by atoms with Crippen molar-refractivity contribution in [3.63, 3.8) is 0 Å². The van der Waals surface area contributed by atoms with Gasteiger partial charge in [-0.3, -0.25) is 4.74 Å². The highest BCUT2D eigenvalue weighted by atomic mass is 31.2. The zero-order chi connectivity index (χ0) is 20.8. The highest BCUT2D eigenvalue weighted by molar-refractivity contribution is 7.81. The quantitative estimate of drug-likeness (QED) is 0.372. The summed E-state index contributed by atoms with van der Waals surface area (Å²) in [5.41, 5.74) is 1.75. The molecule has 4 rings (SSSR count). The molecule has 0 spiro atoms. The van der Waals surface area contributed by atoms with Crippen LogP contribution in [0.2, 0.25) is 0 Å². The normalized spacial score (nSPS) is 13.4. The van der Waals surface area contributed by atoms with Gasteiger partial charge in [0.15, 0.2) is 0 Å². The van der Waals surface area contributed by atoms with Gasteiger partial charge in [-0.25, -0.2) is 0 Å². The molecule has 0 amide bonds. The van der Waals surface area contributed by atoms with E-state index in [0.717, 1.165) is 11.3 Å². The molecular formula is C27H26NOP. The van der Waals surface area contributed by atoms with Crippen molar-refractivity contribution in [2.45, 2.75) is 18.7 Å². The van der Waals surface area contributed by atoms with E-state index in [2.05, 4.69) is 55.5 Å². The Morgan fingerprint density at radius 1 is 0.600 bits per heavy atom. The highest BCUT2D eigenvalue weighted by Gasteiger charge is 2.36. The van der Waals surface area contributed by atoms with E-state index in [1.807, 2.05) is 72.8 Å². The molecule has 0 bridgehead atoms. The van der Waals surface area contributed by atoms with E-state index >= 15 is 0 Å². The van der Waals surface area contributed by atoms with Crippen molar-refractivity contribution in [3.8, 4) is 0 Å². The number of aliphatic hydroxyl groups is 1. The molecule has 0 aliphatic rings. The van der Waals surface area contributed by atoms with Gasteiger partial charge in [-0.15, -0.1) is 0 Å². The Bertz CT molecular complexity index is 1070. The minimum absolute atomic E-state index is 0.107. The third-order valence-electron chi connectivity index (χ3n) is 5.52. The van der Waals surface area contributed by atoms with Crippen LogP contribution in [-0.4, -0.2) is 10.8 Å². The molecule has 0 saturated carbocycles. The van der Waals surface area contributed by atoms with E-state index < -0.39 is 13.2 Å². The summed E-state index contributed by atoms with van der Waals surface area (Å²) >= 11 is 0. The van der Waals surface area contributed by atoms with Crippen molar-refractivity contribution >= 4 is 23.4 Å². The predicted molar refractivity (Wildman–Crippen MR) is 128 cm³/mol. The Labute approximate surface area is 178 Å². The summed E-state index contributed by atoms with van der Waals surface area (Å²) in [4.78, 5) is 0. The molecule has 0 aliphatic carbocycles. The summed E-state index contributed by atoms with van der Waals surface area (Å²) in [6.45, 7) is 2.14. The second kappa shape index (κ2) is 9.26. The van der Waals surface area contributed by atoms with E-state index in [4.69, 9.17) is 4.74 Å². The Balaban J connectivity index is 2.01. The first-order valence-electron chi connectivity index (χ1n) is 10.2. The third-order valence-corrected chi connectivity index (χ3v) is 9.69. The van der Waals surface area contributed by atoms with E-state index in [1.165, 1.54) is 10.6 Å². The molecular weight excluding hydrogens is 385 g/mol. The summed E-state index contributed by atoms with van der Waals surface area (Å²) in [6, 6.07) is 41.0. The molecule has 3 heteroatoms. The molecule has 30 heavy (non-hydrogen) atoms. The molecule has 0 saturated heterocycles. The fourth-order valence-electron chi connectivity index (χ4n) is 3.95. The first kappa shape index (κ1) is 20.3. The van der Waals surface area contributed by atoms with Gasteiger partial charge in [-0.1, -0.05) is 116 Å². The first-order valence-corrected chi connectivity index (χ1v) is 12.0. The average molecular weight is 411 g/mol. The van der Waals surface area contributed by atoms with Crippen LogP contribution in [0.4, 0.5) is 5.69 Å². The lowest BCUT2D eigenvalue weighted by Crippen LogP contribution is -2.28. The second-order valence-corrected chi connectivity index (χ2v) is 10.8. The molecule has 2 nitrogen and oxygen atoms in total. The van der Waals surface area contributed by atoms with Crippen molar-refractivity contribution in [1.82, 2.24) is 0 Å². The minimum atomic E-state index is -2.36. The Hall–Kier alpha value is -2.93. The predicted octanol–water partition coefficient (Wildman–Crippen LogP) is 6.29. The molecule has 0 aromatic heterocycles. The van der Waals surface area contributed by atoms with E-state index in [-0.39, 0.29) is 5.66 Å². The molecule has 1 N–H and O–H groups in total. The standard InChI is InChI=1S/C27H26NOP/c1-22(27(29)23-14-6-2-7-15-23)30(25-18-10-4-11-19-25,26-20-12-5-13-21-26)28-24-16-8-3-9-17-24/h2-22,27,29H,1H3/t22-,27-/m1/s1. The molecule has 4 aromatic carbocycles. The van der Waals surface area contributed by atoms with Crippen LogP contribution in [0.15, 0.2) is 126 Å². The van der Waals surface area contributed by atoms with Crippen molar-refractivity contribution in [2.24, 2.45) is 4.74 Å². The van der Waals surface area contributed by atoms with Crippen LogP contribution in [0.5, 0.6) is 0 Å². The van der Waals surface area contributed by atoms with E-state index in [1.54, 1.807) is 0 Å². The Morgan fingerprint density at radius 3 is 1.47 bits per heavy atom. The number of rotatable bonds is 6. The van der Waals surface area contributed by atoms with Crippen LogP contribution >= 0.6 is 7.05 Å². The Morgan fingerprint density at radius 2 is 1.00 bits per heavy atom. The summed E-state index contributed by atoms with van der Waals surface area (Å²) in [6.07, 6.45) is -0.632. The maximum absolute atomic E-state index is 11.5. The third kappa shape index (κ3) is 4.03. The monoisotopic (exact) mass is 411 g/mol. The van der Waals surface area contributed by atoms with Crippen molar-refractivity contribution in [1.29, 1.82) is 0 Å². The van der Waals surface area contributed by atoms with Gasteiger partial charge in [0.2, 0.25) is 0 Å². The summed E-state index contributed by atoms with van der Waals surface area (Å²) in [7, 11) is -2.36. The molecule has 0 radical (unpaired) electrons. The van der Waals surface area contributed by atoms with Crippen LogP contribution in [0.3, 0.4) is 0 Å². The van der Waals surface area contributed by atoms with Gasteiger partial charge in [0.25, 0.3) is 0 Å². The number of nitrogens with zero attached hydrogens (tertiary/aromatic N) is 1. The van der Waals surface area contributed by atoms with Crippen LogP contribution in [0, 0.1) is 0 Å². The van der Waals surface area contributed by atoms with Crippen LogP contribution in [-0.2, 0) is 0 Å². The van der Waals surface area contributed by atoms with Crippen LogP contribution < -0.4 is 10.6 Å². The first-order chi connectivity index (χ1) is 14.7. The molecule has 2 atom stereocenters. The SMILES string of the molecule is C[C@H]([C@@H](O)c1ccccc1)P(=Nc1ccccc1)(c1ccccc1)c1ccccc1. The number of aliphatic hydroxyl groups excluding tert-OH is 1. The fraction of sp³-hybridized carbons (Fsp3) is 0.111. The maximum atomic E-state index is 11.5. The second-order valence-electron chi connectivity index (χ2n) is 7.39. The zero-order valence-electron chi connectivity index (χ0n) is 17.0. The molecule has 0 unspecified atom stereocenters. The molecule has 0 aliphatic heterocycles. The molecule has 150 valence electrons. The minimum Gasteiger partial charge on any atom is -0.388 e. The van der Waals surface area contributed by atoms with Crippen LogP contribution in [0.25, 0.3) is 0 Å². The van der Waals surface area contributed by atoms with Crippen molar-refractivity contribution in [3.05, 3.63) is 127 Å². The highest BCUT2D eigenvalue weighted by Crippen LogP contribution is 2.57. The van der Waals surface area contributed by atoms with Gasteiger partial charge in [0.1, 0.15) is 0 Å². The number of hydrogen-bond donors (Lipinski definition) is 1. The number of hydrogen-bond acceptors (Lipinski definition) is 2. The van der Waals surface area contributed by atoms with E-state index in [0.29, 0.717) is 0 Å². The van der Waals surface area contributed by atoms with Gasteiger partial charge < -0.3 is 5.11 Å². The van der Waals surface area contributed by atoms with Gasteiger partial charge in [0.05, 0.1) is 11.8 Å². The van der Waals surface area contributed by atoms with E-state index in [9.17, 15) is 5.11 Å². The zero-order valence-corrected chi connectivity index (χ0v) is 17.9. The lowest BCUT2D eigenvalue weighted by Gasteiger charge is -2.35. The van der Waals surface area contributed by atoms with Crippen LogP contribution in [0.1, 0.15) is 18.6 Å². The summed E-state index contributed by atoms with van der Waals surface area (Å²) in [5.74, 6) is 0. The largest absolute Gasteiger partial charge is 0.388 e. The fourth-order valence-corrected chi connectivity index (χ4v) is 7.93. The van der Waals surface area contributed by atoms with Crippen molar-refractivity contribution in [2.75, 3.05) is 0 Å². The molecule has 0 fully saturated rings. The van der Waals surface area contributed by atoms with Gasteiger partial charge >= 0.3 is 0 Å².